The molecule has 9 heteroatoms. The average Bonchev–Trinajstić information content (AvgIpc) is 3.39. The van der Waals surface area contributed by atoms with Crippen LogP contribution >= 0.6 is 11.3 Å². The van der Waals surface area contributed by atoms with Crippen LogP contribution in [0.1, 0.15) is 42.5 Å². The Bertz CT molecular complexity index is 1510. The minimum absolute atomic E-state index is 0.0907. The molecule has 0 spiro atoms. The van der Waals surface area contributed by atoms with Crippen molar-refractivity contribution >= 4 is 55.0 Å². The number of rotatable bonds is 8. The van der Waals surface area contributed by atoms with E-state index in [0.717, 1.165) is 85.2 Å². The fraction of sp³-hybridized carbons (Fsp3) is 0.387. The Labute approximate surface area is 237 Å². The summed E-state index contributed by atoms with van der Waals surface area (Å²) in [5, 5.41) is 8.54. The lowest BCUT2D eigenvalue weighted by Gasteiger charge is -2.26. The van der Waals surface area contributed by atoms with Gasteiger partial charge in [0, 0.05) is 31.2 Å². The molecule has 1 aromatic heterocycles. The normalized spacial score (nSPS) is 16.7. The SMILES string of the molecule is O=C(Nc1nc2ccc(NC(=O)C3CCCCC3)cc2s1)c1cc2ccccc2cc1OCCN1CCOCC1. The highest BCUT2D eigenvalue weighted by Crippen LogP contribution is 2.32. The zero-order valence-corrected chi connectivity index (χ0v) is 23.3. The van der Waals surface area contributed by atoms with E-state index in [2.05, 4.69) is 20.5 Å². The van der Waals surface area contributed by atoms with Crippen LogP contribution in [0.4, 0.5) is 10.8 Å². The predicted molar refractivity (Wildman–Crippen MR) is 159 cm³/mol. The van der Waals surface area contributed by atoms with Crippen molar-refractivity contribution in [1.82, 2.24) is 9.88 Å². The largest absolute Gasteiger partial charge is 0.491 e. The molecular weight excluding hydrogens is 524 g/mol. The Kier molecular flexibility index (Phi) is 8.22. The van der Waals surface area contributed by atoms with Crippen LogP contribution in [0.5, 0.6) is 5.75 Å². The van der Waals surface area contributed by atoms with E-state index in [1.54, 1.807) is 0 Å². The molecule has 0 unspecified atom stereocenters. The molecule has 1 aliphatic carbocycles. The molecule has 2 aliphatic rings. The monoisotopic (exact) mass is 558 g/mol. The minimum Gasteiger partial charge on any atom is -0.491 e. The number of amides is 2. The van der Waals surface area contributed by atoms with Crippen LogP contribution in [-0.4, -0.2) is 61.2 Å². The van der Waals surface area contributed by atoms with E-state index in [4.69, 9.17) is 9.47 Å². The summed E-state index contributed by atoms with van der Waals surface area (Å²) < 4.78 is 12.5. The second-order valence-electron chi connectivity index (χ2n) is 10.5. The maximum absolute atomic E-state index is 13.5. The third kappa shape index (κ3) is 6.27. The van der Waals surface area contributed by atoms with Gasteiger partial charge in [-0.05, 0) is 53.9 Å². The van der Waals surface area contributed by atoms with Gasteiger partial charge < -0.3 is 14.8 Å². The number of ether oxygens (including phenoxy) is 2. The van der Waals surface area contributed by atoms with E-state index in [1.807, 2.05) is 54.6 Å². The van der Waals surface area contributed by atoms with E-state index < -0.39 is 0 Å². The lowest BCUT2D eigenvalue weighted by atomic mass is 9.88. The maximum Gasteiger partial charge on any atom is 0.261 e. The summed E-state index contributed by atoms with van der Waals surface area (Å²) in [6.45, 7) is 4.50. The number of nitrogens with zero attached hydrogens (tertiary/aromatic N) is 2. The van der Waals surface area contributed by atoms with E-state index in [1.165, 1.54) is 17.8 Å². The molecule has 8 nitrogen and oxygen atoms in total. The van der Waals surface area contributed by atoms with Crippen LogP contribution < -0.4 is 15.4 Å². The van der Waals surface area contributed by atoms with Crippen molar-refractivity contribution in [2.75, 3.05) is 50.1 Å². The second-order valence-corrected chi connectivity index (χ2v) is 11.5. The standard InChI is InChI=1S/C31H34N4O4S/c36-29(21-6-2-1-3-7-21)32-24-10-11-26-28(20-24)40-31(33-26)34-30(37)25-18-22-8-4-5-9-23(22)19-27(25)39-17-14-35-12-15-38-16-13-35/h4-5,8-11,18-21H,1-3,6-7,12-17H2,(H,32,36)(H,33,34,37). The number of morpholine rings is 1. The first-order valence-corrected chi connectivity index (χ1v) is 14.9. The number of carbonyl (C=O) groups is 2. The predicted octanol–water partition coefficient (Wildman–Crippen LogP) is 5.93. The third-order valence-electron chi connectivity index (χ3n) is 7.71. The van der Waals surface area contributed by atoms with Crippen molar-refractivity contribution in [3.8, 4) is 5.75 Å². The summed E-state index contributed by atoms with van der Waals surface area (Å²) in [7, 11) is 0. The van der Waals surface area contributed by atoms with Gasteiger partial charge >= 0.3 is 0 Å². The molecule has 40 heavy (non-hydrogen) atoms. The molecule has 2 amide bonds. The molecule has 0 radical (unpaired) electrons. The van der Waals surface area contributed by atoms with Crippen LogP contribution in [0.15, 0.2) is 54.6 Å². The van der Waals surface area contributed by atoms with Crippen LogP contribution in [0.25, 0.3) is 21.0 Å². The van der Waals surface area contributed by atoms with Crippen molar-refractivity contribution in [2.45, 2.75) is 32.1 Å². The molecule has 2 fully saturated rings. The molecule has 208 valence electrons. The van der Waals surface area contributed by atoms with Gasteiger partial charge in [-0.1, -0.05) is 54.9 Å². The van der Waals surface area contributed by atoms with E-state index in [0.29, 0.717) is 23.1 Å². The Morgan fingerprint density at radius 1 is 0.975 bits per heavy atom. The number of anilines is 2. The second kappa shape index (κ2) is 12.3. The zero-order valence-electron chi connectivity index (χ0n) is 22.5. The number of fused-ring (bicyclic) bond motifs is 2. The molecule has 1 saturated heterocycles. The molecule has 4 aromatic rings. The summed E-state index contributed by atoms with van der Waals surface area (Å²) in [5.74, 6) is 0.470. The molecular formula is C31H34N4O4S. The van der Waals surface area contributed by atoms with Crippen molar-refractivity contribution in [1.29, 1.82) is 0 Å². The summed E-state index contributed by atoms with van der Waals surface area (Å²) >= 11 is 1.39. The Morgan fingerprint density at radius 2 is 1.75 bits per heavy atom. The van der Waals surface area contributed by atoms with Gasteiger partial charge in [-0.2, -0.15) is 0 Å². The first-order chi connectivity index (χ1) is 19.6. The Hall–Kier alpha value is -3.53. The molecule has 1 saturated carbocycles. The fourth-order valence-electron chi connectivity index (χ4n) is 5.46. The van der Waals surface area contributed by atoms with Gasteiger partial charge in [0.25, 0.3) is 5.91 Å². The van der Waals surface area contributed by atoms with Gasteiger partial charge in [0.05, 0.1) is 29.0 Å². The Balaban J connectivity index is 1.17. The number of carbonyl (C=O) groups excluding carboxylic acids is 2. The minimum atomic E-state index is -0.267. The van der Waals surface area contributed by atoms with Crippen molar-refractivity contribution in [2.24, 2.45) is 5.92 Å². The smallest absolute Gasteiger partial charge is 0.261 e. The number of hydrogen-bond acceptors (Lipinski definition) is 7. The van der Waals surface area contributed by atoms with Crippen LogP contribution in [0.3, 0.4) is 0 Å². The molecule has 0 atom stereocenters. The highest BCUT2D eigenvalue weighted by atomic mass is 32.1. The summed E-state index contributed by atoms with van der Waals surface area (Å²) in [6, 6.07) is 17.4. The fourth-order valence-corrected chi connectivity index (χ4v) is 6.36. The van der Waals surface area contributed by atoms with E-state index >= 15 is 0 Å². The summed E-state index contributed by atoms with van der Waals surface area (Å²) in [5.41, 5.74) is 2.01. The van der Waals surface area contributed by atoms with Gasteiger partial charge in [0.2, 0.25) is 5.91 Å². The highest BCUT2D eigenvalue weighted by molar-refractivity contribution is 7.22. The summed E-state index contributed by atoms with van der Waals surface area (Å²) in [4.78, 5) is 33.1. The van der Waals surface area contributed by atoms with Crippen LogP contribution in [0.2, 0.25) is 0 Å². The number of aromatic nitrogens is 1. The first kappa shape index (κ1) is 26.7. The molecule has 0 bridgehead atoms. The lowest BCUT2D eigenvalue weighted by Crippen LogP contribution is -2.38. The maximum atomic E-state index is 13.5. The number of hydrogen-bond donors (Lipinski definition) is 2. The highest BCUT2D eigenvalue weighted by Gasteiger charge is 2.22. The zero-order chi connectivity index (χ0) is 27.3. The number of thiazole rings is 1. The first-order valence-electron chi connectivity index (χ1n) is 14.1. The quantitative estimate of drug-likeness (QED) is 0.278. The number of benzene rings is 3. The topological polar surface area (TPSA) is 92.8 Å². The molecule has 6 rings (SSSR count). The Morgan fingerprint density at radius 3 is 2.55 bits per heavy atom. The van der Waals surface area contributed by atoms with Crippen LogP contribution in [-0.2, 0) is 9.53 Å². The van der Waals surface area contributed by atoms with E-state index in [-0.39, 0.29) is 17.7 Å². The molecule has 2 N–H and O–H groups in total. The number of nitrogens with one attached hydrogen (secondary N) is 2. The van der Waals surface area contributed by atoms with Crippen molar-refractivity contribution in [3.05, 3.63) is 60.2 Å². The molecule has 3 aromatic carbocycles. The molecule has 1 aliphatic heterocycles. The van der Waals surface area contributed by atoms with Crippen LogP contribution in [0, 0.1) is 5.92 Å². The van der Waals surface area contributed by atoms with E-state index in [9.17, 15) is 9.59 Å². The van der Waals surface area contributed by atoms with Gasteiger partial charge in [-0.15, -0.1) is 0 Å². The van der Waals surface area contributed by atoms with Crippen molar-refractivity contribution in [3.63, 3.8) is 0 Å². The lowest BCUT2D eigenvalue weighted by molar-refractivity contribution is -0.120. The van der Waals surface area contributed by atoms with Gasteiger partial charge in [-0.25, -0.2) is 4.98 Å². The summed E-state index contributed by atoms with van der Waals surface area (Å²) in [6.07, 6.45) is 5.36. The van der Waals surface area contributed by atoms with Crippen molar-refractivity contribution < 1.29 is 19.1 Å². The third-order valence-corrected chi connectivity index (χ3v) is 8.65. The van der Waals surface area contributed by atoms with Gasteiger partial charge in [0.15, 0.2) is 5.13 Å². The van der Waals surface area contributed by atoms with Gasteiger partial charge in [-0.3, -0.25) is 19.8 Å². The average molecular weight is 559 g/mol. The van der Waals surface area contributed by atoms with Gasteiger partial charge in [0.1, 0.15) is 12.4 Å². The molecule has 2 heterocycles.